The van der Waals surface area contributed by atoms with Gasteiger partial charge in [-0.2, -0.15) is 0 Å². The number of aromatic nitrogens is 1. The summed E-state index contributed by atoms with van der Waals surface area (Å²) in [5, 5.41) is 3.54. The van der Waals surface area contributed by atoms with E-state index >= 15 is 0 Å². The maximum absolute atomic E-state index is 12.1. The molecule has 0 radical (unpaired) electrons. The van der Waals surface area contributed by atoms with Gasteiger partial charge in [0, 0.05) is 23.2 Å². The smallest absolute Gasteiger partial charge is 0.308 e. The molecular weight excluding hydrogens is 384 g/mol. The molecule has 0 aliphatic heterocycles. The van der Waals surface area contributed by atoms with Gasteiger partial charge in [0.05, 0.1) is 16.8 Å². The van der Waals surface area contributed by atoms with E-state index in [0.717, 1.165) is 16.0 Å². The van der Waals surface area contributed by atoms with E-state index in [1.165, 1.54) is 11.3 Å². The normalized spacial score (nSPS) is 11.1. The van der Waals surface area contributed by atoms with Crippen LogP contribution in [0.15, 0.2) is 47.3 Å². The molecule has 0 fully saturated rings. The molecule has 27 heavy (non-hydrogen) atoms. The number of nitrogens with one attached hydrogen (secondary N) is 1. The summed E-state index contributed by atoms with van der Waals surface area (Å²) in [6.07, 6.45) is 0.961. The van der Waals surface area contributed by atoms with Crippen molar-refractivity contribution < 1.29 is 9.53 Å². The molecule has 2 aromatic carbocycles. The quantitative estimate of drug-likeness (QED) is 0.557. The molecule has 0 saturated heterocycles. The van der Waals surface area contributed by atoms with Crippen LogP contribution < -0.4 is 14.9 Å². The Balaban J connectivity index is 1.53. The Labute approximate surface area is 166 Å². The number of rotatable bonds is 7. The number of carbonyl (C=O) groups is 1. The fourth-order valence-corrected chi connectivity index (χ4v) is 3.96. The Hall–Kier alpha value is -2.31. The van der Waals surface area contributed by atoms with E-state index in [-0.39, 0.29) is 16.8 Å². The second-order valence-corrected chi connectivity index (χ2v) is 7.90. The number of ether oxygens (including phenoxy) is 1. The average molecular weight is 405 g/mol. The minimum Gasteiger partial charge on any atom is -0.494 e. The highest BCUT2D eigenvalue weighted by Gasteiger charge is 2.11. The molecule has 0 atom stereocenters. The first-order valence-corrected chi connectivity index (χ1v) is 9.97. The third-order valence-corrected chi connectivity index (χ3v) is 5.21. The van der Waals surface area contributed by atoms with E-state index < -0.39 is 0 Å². The summed E-state index contributed by atoms with van der Waals surface area (Å²) in [6.45, 7) is 4.41. The zero-order chi connectivity index (χ0) is 19.4. The van der Waals surface area contributed by atoms with E-state index in [1.807, 2.05) is 32.0 Å². The monoisotopic (exact) mass is 404 g/mol. The lowest BCUT2D eigenvalue weighted by Gasteiger charge is -2.09. The molecule has 0 unspecified atom stereocenters. The van der Waals surface area contributed by atoms with Crippen LogP contribution in [0, 0.1) is 0 Å². The molecule has 1 heterocycles. The Morgan fingerprint density at radius 1 is 1.22 bits per heavy atom. The molecular formula is C20H21ClN2O3S. The van der Waals surface area contributed by atoms with Gasteiger partial charge < -0.3 is 10.1 Å². The largest absolute Gasteiger partial charge is 0.494 e. The lowest BCUT2D eigenvalue weighted by Crippen LogP contribution is -2.14. The number of nitrogens with zero attached hydrogens (tertiary/aromatic N) is 1. The van der Waals surface area contributed by atoms with Crippen molar-refractivity contribution in [2.75, 3.05) is 11.9 Å². The topological polar surface area (TPSA) is 60.3 Å². The van der Waals surface area contributed by atoms with Crippen LogP contribution in [0.25, 0.3) is 10.2 Å². The number of fused-ring (bicyclic) bond motifs is 1. The Bertz CT molecular complexity index is 993. The molecule has 3 rings (SSSR count). The van der Waals surface area contributed by atoms with E-state index in [2.05, 4.69) is 5.32 Å². The maximum atomic E-state index is 12.1. The van der Waals surface area contributed by atoms with Gasteiger partial charge in [0.2, 0.25) is 5.91 Å². The number of hydrogen-bond acceptors (Lipinski definition) is 4. The molecule has 3 aromatic rings. The summed E-state index contributed by atoms with van der Waals surface area (Å²) in [5.41, 5.74) is 1.60. The van der Waals surface area contributed by atoms with Gasteiger partial charge in [-0.15, -0.1) is 0 Å². The van der Waals surface area contributed by atoms with Gasteiger partial charge in [0.25, 0.3) is 0 Å². The summed E-state index contributed by atoms with van der Waals surface area (Å²) in [5.74, 6) is 0.652. The lowest BCUT2D eigenvalue weighted by molar-refractivity contribution is -0.116. The van der Waals surface area contributed by atoms with Crippen molar-refractivity contribution in [2.45, 2.75) is 32.7 Å². The van der Waals surface area contributed by atoms with Gasteiger partial charge >= 0.3 is 4.87 Å². The minimum atomic E-state index is -0.0790. The summed E-state index contributed by atoms with van der Waals surface area (Å²) < 4.78 is 8.22. The maximum Gasteiger partial charge on any atom is 0.308 e. The van der Waals surface area contributed by atoms with Crippen molar-refractivity contribution in [2.24, 2.45) is 0 Å². The summed E-state index contributed by atoms with van der Waals surface area (Å²) >= 11 is 7.02. The highest BCUT2D eigenvalue weighted by atomic mass is 35.5. The van der Waals surface area contributed by atoms with E-state index in [1.54, 1.807) is 28.8 Å². The zero-order valence-electron chi connectivity index (χ0n) is 15.2. The van der Waals surface area contributed by atoms with Gasteiger partial charge in [-0.05, 0) is 62.7 Å². The van der Waals surface area contributed by atoms with Gasteiger partial charge in [-0.3, -0.25) is 14.2 Å². The Kier molecular flexibility index (Phi) is 6.19. The second-order valence-electron chi connectivity index (χ2n) is 6.47. The number of carbonyl (C=O) groups excluding carboxylic acids is 1. The number of hydrogen-bond donors (Lipinski definition) is 1. The molecule has 0 aliphatic carbocycles. The van der Waals surface area contributed by atoms with E-state index in [9.17, 15) is 9.59 Å². The first kappa shape index (κ1) is 19.5. The van der Waals surface area contributed by atoms with Crippen molar-refractivity contribution in [3.8, 4) is 5.75 Å². The highest BCUT2D eigenvalue weighted by Crippen LogP contribution is 2.24. The van der Waals surface area contributed by atoms with Crippen molar-refractivity contribution in [1.82, 2.24) is 4.57 Å². The van der Waals surface area contributed by atoms with Crippen LogP contribution in [0.1, 0.15) is 32.7 Å². The standard InChI is InChI=1S/C20H21ClN2O3S/c1-13(2)23-17-10-7-15(12-18(17)27-20(23)25)22-19(24)4-3-11-26-16-8-5-14(21)6-9-16/h5-10,12-13H,3-4,11H2,1-2H3,(H,22,24). The van der Waals surface area contributed by atoms with Crippen LogP contribution in [-0.2, 0) is 4.79 Å². The Morgan fingerprint density at radius 3 is 2.67 bits per heavy atom. The lowest BCUT2D eigenvalue weighted by atomic mass is 10.2. The SMILES string of the molecule is CC(C)n1c(=O)sc2cc(NC(=O)CCCOc3ccc(Cl)cc3)ccc21. The molecule has 0 bridgehead atoms. The van der Waals surface area contributed by atoms with Gasteiger partial charge in [-0.25, -0.2) is 0 Å². The molecule has 5 nitrogen and oxygen atoms in total. The van der Waals surface area contributed by atoms with Gasteiger partial charge in [0.1, 0.15) is 5.75 Å². The molecule has 1 N–H and O–H groups in total. The van der Waals surface area contributed by atoms with Crippen molar-refractivity contribution in [1.29, 1.82) is 0 Å². The number of thiazole rings is 1. The number of benzene rings is 2. The molecule has 0 saturated carbocycles. The summed E-state index contributed by atoms with van der Waals surface area (Å²) in [4.78, 5) is 24.3. The van der Waals surface area contributed by atoms with Crippen LogP contribution in [0.2, 0.25) is 5.02 Å². The third-order valence-electron chi connectivity index (χ3n) is 4.04. The number of anilines is 1. The van der Waals surface area contributed by atoms with Crippen molar-refractivity contribution >= 4 is 44.7 Å². The molecule has 7 heteroatoms. The van der Waals surface area contributed by atoms with Crippen LogP contribution in [0.3, 0.4) is 0 Å². The Morgan fingerprint density at radius 2 is 1.96 bits per heavy atom. The fraction of sp³-hybridized carbons (Fsp3) is 0.300. The minimum absolute atomic E-state index is 0.0165. The molecule has 1 amide bonds. The zero-order valence-corrected chi connectivity index (χ0v) is 16.8. The van der Waals surface area contributed by atoms with Crippen LogP contribution in [0.5, 0.6) is 5.75 Å². The van der Waals surface area contributed by atoms with Crippen LogP contribution >= 0.6 is 22.9 Å². The predicted octanol–water partition coefficient (Wildman–Crippen LogP) is 5.10. The van der Waals surface area contributed by atoms with E-state index in [4.69, 9.17) is 16.3 Å². The average Bonchev–Trinajstić information content (AvgIpc) is 2.95. The third kappa shape index (κ3) is 4.90. The first-order chi connectivity index (χ1) is 12.9. The second kappa shape index (κ2) is 8.59. The van der Waals surface area contributed by atoms with E-state index in [0.29, 0.717) is 30.2 Å². The number of amides is 1. The molecule has 0 spiro atoms. The summed E-state index contributed by atoms with van der Waals surface area (Å²) in [6, 6.07) is 12.8. The fourth-order valence-electron chi connectivity index (χ4n) is 2.78. The van der Waals surface area contributed by atoms with Crippen molar-refractivity contribution in [3.63, 3.8) is 0 Å². The first-order valence-electron chi connectivity index (χ1n) is 8.77. The van der Waals surface area contributed by atoms with Crippen molar-refractivity contribution in [3.05, 3.63) is 57.2 Å². The van der Waals surface area contributed by atoms with Crippen LogP contribution in [-0.4, -0.2) is 17.1 Å². The molecule has 0 aliphatic rings. The number of halogens is 1. The summed E-state index contributed by atoms with van der Waals surface area (Å²) in [7, 11) is 0. The van der Waals surface area contributed by atoms with Crippen LogP contribution in [0.4, 0.5) is 5.69 Å². The van der Waals surface area contributed by atoms with Gasteiger partial charge in [-0.1, -0.05) is 22.9 Å². The van der Waals surface area contributed by atoms with Gasteiger partial charge in [0.15, 0.2) is 0 Å². The molecule has 142 valence electrons. The molecule has 1 aromatic heterocycles. The highest BCUT2D eigenvalue weighted by molar-refractivity contribution is 7.16. The predicted molar refractivity (Wildman–Crippen MR) is 111 cm³/mol.